The fraction of sp³-hybridized carbons (Fsp3) is 0.462. The molecule has 1 aromatic carbocycles. The van der Waals surface area contributed by atoms with E-state index in [1.807, 2.05) is 45.0 Å². The number of nitrogens with one attached hydrogen (secondary N) is 1. The van der Waals surface area contributed by atoms with E-state index < -0.39 is 0 Å². The third-order valence-corrected chi connectivity index (χ3v) is 2.57. The van der Waals surface area contributed by atoms with E-state index in [0.717, 1.165) is 0 Å². The molecule has 0 spiro atoms. The van der Waals surface area contributed by atoms with Crippen LogP contribution in [0.4, 0.5) is 10.5 Å². The smallest absolute Gasteiger partial charge is 0.322 e. The molecule has 0 saturated heterocycles. The van der Waals surface area contributed by atoms with Crippen molar-refractivity contribution < 1.29 is 9.53 Å². The van der Waals surface area contributed by atoms with Crippen LogP contribution in [0.15, 0.2) is 24.3 Å². The Kier molecular flexibility index (Phi) is 4.82. The number of amides is 2. The van der Waals surface area contributed by atoms with Crippen molar-refractivity contribution >= 4 is 11.7 Å². The molecule has 0 aliphatic rings. The maximum atomic E-state index is 12.0. The predicted octanol–water partition coefficient (Wildman–Crippen LogP) is 2.96. The van der Waals surface area contributed by atoms with Gasteiger partial charge in [0.15, 0.2) is 0 Å². The number of methoxy groups -OCH3 is 1. The summed E-state index contributed by atoms with van der Waals surface area (Å²) in [5, 5.41) is 2.86. The van der Waals surface area contributed by atoms with Gasteiger partial charge in [0.25, 0.3) is 0 Å². The molecule has 0 saturated carbocycles. The van der Waals surface area contributed by atoms with Gasteiger partial charge in [0.1, 0.15) is 5.75 Å². The summed E-state index contributed by atoms with van der Waals surface area (Å²) >= 11 is 0. The first kappa shape index (κ1) is 13.4. The third-order valence-electron chi connectivity index (χ3n) is 2.57. The molecular weight excluding hydrogens is 216 g/mol. The number of ether oxygens (including phenoxy) is 1. The van der Waals surface area contributed by atoms with Crippen LogP contribution in [0.3, 0.4) is 0 Å². The lowest BCUT2D eigenvalue weighted by Gasteiger charge is -2.25. The summed E-state index contributed by atoms with van der Waals surface area (Å²) in [6, 6.07) is 7.45. The monoisotopic (exact) mass is 236 g/mol. The Labute approximate surface area is 103 Å². The van der Waals surface area contributed by atoms with Crippen LogP contribution in [0.25, 0.3) is 0 Å². The molecule has 0 aliphatic carbocycles. The molecule has 94 valence electrons. The first-order valence-corrected chi connectivity index (χ1v) is 5.80. The van der Waals surface area contributed by atoms with Crippen LogP contribution in [0, 0.1) is 0 Å². The average Bonchev–Trinajstić information content (AvgIpc) is 2.30. The Morgan fingerprint density at radius 3 is 2.59 bits per heavy atom. The van der Waals surface area contributed by atoms with Gasteiger partial charge in [-0.15, -0.1) is 0 Å². The van der Waals surface area contributed by atoms with Gasteiger partial charge in [0, 0.05) is 12.6 Å². The van der Waals surface area contributed by atoms with E-state index in [1.165, 1.54) is 0 Å². The molecule has 0 fully saturated rings. The Balaban J connectivity index is 2.80. The highest BCUT2D eigenvalue weighted by molar-refractivity contribution is 5.91. The third kappa shape index (κ3) is 3.37. The van der Waals surface area contributed by atoms with Crippen molar-refractivity contribution in [2.75, 3.05) is 19.0 Å². The molecule has 0 atom stereocenters. The van der Waals surface area contributed by atoms with Crippen LogP contribution in [-0.2, 0) is 0 Å². The average molecular weight is 236 g/mol. The van der Waals surface area contributed by atoms with E-state index in [0.29, 0.717) is 18.0 Å². The van der Waals surface area contributed by atoms with Crippen molar-refractivity contribution in [3.8, 4) is 5.75 Å². The second kappa shape index (κ2) is 6.13. The van der Waals surface area contributed by atoms with Crippen LogP contribution in [0.2, 0.25) is 0 Å². The highest BCUT2D eigenvalue weighted by atomic mass is 16.5. The molecule has 0 radical (unpaired) electrons. The van der Waals surface area contributed by atoms with Crippen molar-refractivity contribution in [2.45, 2.75) is 26.8 Å². The first-order valence-electron chi connectivity index (χ1n) is 5.80. The number of hydrogen-bond donors (Lipinski definition) is 1. The number of hydrogen-bond acceptors (Lipinski definition) is 2. The fourth-order valence-corrected chi connectivity index (χ4v) is 1.68. The van der Waals surface area contributed by atoms with E-state index in [-0.39, 0.29) is 12.1 Å². The topological polar surface area (TPSA) is 41.6 Å². The van der Waals surface area contributed by atoms with Gasteiger partial charge in [-0.25, -0.2) is 4.79 Å². The number of carbonyl (C=O) groups excluding carboxylic acids is 1. The zero-order chi connectivity index (χ0) is 12.8. The van der Waals surface area contributed by atoms with E-state index in [9.17, 15) is 4.79 Å². The molecular formula is C13H20N2O2. The lowest BCUT2D eigenvalue weighted by molar-refractivity contribution is 0.200. The van der Waals surface area contributed by atoms with Crippen molar-refractivity contribution in [1.29, 1.82) is 0 Å². The van der Waals surface area contributed by atoms with Gasteiger partial charge in [0.2, 0.25) is 0 Å². The van der Waals surface area contributed by atoms with E-state index in [4.69, 9.17) is 4.74 Å². The van der Waals surface area contributed by atoms with Gasteiger partial charge in [-0.05, 0) is 32.9 Å². The Bertz CT molecular complexity index is 377. The molecule has 0 bridgehead atoms. The zero-order valence-corrected chi connectivity index (χ0v) is 10.9. The Morgan fingerprint density at radius 2 is 2.06 bits per heavy atom. The molecule has 1 rings (SSSR count). The molecule has 0 aromatic heterocycles. The summed E-state index contributed by atoms with van der Waals surface area (Å²) in [4.78, 5) is 13.8. The van der Waals surface area contributed by atoms with Crippen LogP contribution in [0.1, 0.15) is 20.8 Å². The normalized spacial score (nSPS) is 10.2. The van der Waals surface area contributed by atoms with Crippen molar-refractivity contribution in [3.05, 3.63) is 24.3 Å². The maximum absolute atomic E-state index is 12.0. The lowest BCUT2D eigenvalue weighted by Crippen LogP contribution is -2.39. The minimum absolute atomic E-state index is 0.105. The highest BCUT2D eigenvalue weighted by Crippen LogP contribution is 2.23. The van der Waals surface area contributed by atoms with Crippen LogP contribution in [0.5, 0.6) is 5.75 Å². The van der Waals surface area contributed by atoms with Crippen LogP contribution < -0.4 is 10.1 Å². The van der Waals surface area contributed by atoms with Gasteiger partial charge < -0.3 is 15.0 Å². The minimum atomic E-state index is -0.105. The summed E-state index contributed by atoms with van der Waals surface area (Å²) in [6.45, 7) is 6.62. The number of benzene rings is 1. The minimum Gasteiger partial charge on any atom is -0.495 e. The van der Waals surface area contributed by atoms with Gasteiger partial charge in [-0.3, -0.25) is 0 Å². The molecule has 1 aromatic rings. The van der Waals surface area contributed by atoms with Gasteiger partial charge in [-0.2, -0.15) is 0 Å². The molecule has 4 heteroatoms. The zero-order valence-electron chi connectivity index (χ0n) is 10.9. The molecule has 0 aliphatic heterocycles. The summed E-state index contributed by atoms with van der Waals surface area (Å²) in [5.41, 5.74) is 0.694. The fourth-order valence-electron chi connectivity index (χ4n) is 1.68. The SMILES string of the molecule is CCN(C(=O)Nc1ccccc1OC)C(C)C. The van der Waals surface area contributed by atoms with Crippen molar-refractivity contribution in [1.82, 2.24) is 4.90 Å². The number of carbonyl (C=O) groups is 1. The molecule has 4 nitrogen and oxygen atoms in total. The lowest BCUT2D eigenvalue weighted by atomic mass is 10.3. The van der Waals surface area contributed by atoms with Crippen molar-refractivity contribution in [3.63, 3.8) is 0 Å². The highest BCUT2D eigenvalue weighted by Gasteiger charge is 2.15. The number of urea groups is 1. The molecule has 17 heavy (non-hydrogen) atoms. The van der Waals surface area contributed by atoms with Gasteiger partial charge >= 0.3 is 6.03 Å². The second-order valence-electron chi connectivity index (χ2n) is 4.01. The number of nitrogens with zero attached hydrogens (tertiary/aromatic N) is 1. The van der Waals surface area contributed by atoms with Gasteiger partial charge in [-0.1, -0.05) is 12.1 Å². The Hall–Kier alpha value is -1.71. The van der Waals surface area contributed by atoms with E-state index >= 15 is 0 Å². The quantitative estimate of drug-likeness (QED) is 0.873. The van der Waals surface area contributed by atoms with E-state index in [2.05, 4.69) is 5.32 Å². The van der Waals surface area contributed by atoms with E-state index in [1.54, 1.807) is 12.0 Å². The standard InChI is InChI=1S/C13H20N2O2/c1-5-15(10(2)3)13(16)14-11-8-6-7-9-12(11)17-4/h6-10H,5H2,1-4H3,(H,14,16). The predicted molar refractivity (Wildman–Crippen MR) is 69.5 cm³/mol. The second-order valence-corrected chi connectivity index (χ2v) is 4.01. The van der Waals surface area contributed by atoms with Crippen LogP contribution in [-0.4, -0.2) is 30.6 Å². The largest absolute Gasteiger partial charge is 0.495 e. The number of rotatable bonds is 4. The Morgan fingerprint density at radius 1 is 1.41 bits per heavy atom. The number of para-hydroxylation sites is 2. The maximum Gasteiger partial charge on any atom is 0.322 e. The first-order chi connectivity index (χ1) is 8.10. The van der Waals surface area contributed by atoms with Crippen molar-refractivity contribution in [2.24, 2.45) is 0 Å². The summed E-state index contributed by atoms with van der Waals surface area (Å²) in [5.74, 6) is 0.667. The summed E-state index contributed by atoms with van der Waals surface area (Å²) < 4.78 is 5.19. The number of anilines is 1. The molecule has 0 heterocycles. The molecule has 2 amide bonds. The summed E-state index contributed by atoms with van der Waals surface area (Å²) in [6.07, 6.45) is 0. The molecule has 1 N–H and O–H groups in total. The summed E-state index contributed by atoms with van der Waals surface area (Å²) in [7, 11) is 1.59. The van der Waals surface area contributed by atoms with Gasteiger partial charge in [0.05, 0.1) is 12.8 Å². The van der Waals surface area contributed by atoms with Crippen LogP contribution >= 0.6 is 0 Å². The molecule has 0 unspecified atom stereocenters.